The topological polar surface area (TPSA) is 63.1 Å². The van der Waals surface area contributed by atoms with Crippen LogP contribution in [0.1, 0.15) is 25.1 Å². The van der Waals surface area contributed by atoms with Crippen LogP contribution in [0.4, 0.5) is 0 Å². The van der Waals surface area contributed by atoms with Crippen LogP contribution >= 0.6 is 11.8 Å². The van der Waals surface area contributed by atoms with Crippen LogP contribution in [0.3, 0.4) is 0 Å². The Hall–Kier alpha value is -2.12. The van der Waals surface area contributed by atoms with Gasteiger partial charge in [-0.15, -0.1) is 16.8 Å². The predicted molar refractivity (Wildman–Crippen MR) is 104 cm³/mol. The zero-order valence-corrected chi connectivity index (χ0v) is 15.7. The van der Waals surface area contributed by atoms with Crippen molar-refractivity contribution in [1.29, 1.82) is 0 Å². The molecule has 0 bridgehead atoms. The Morgan fingerprint density at radius 3 is 2.69 bits per heavy atom. The van der Waals surface area contributed by atoms with E-state index in [0.717, 1.165) is 36.3 Å². The van der Waals surface area contributed by atoms with E-state index in [-0.39, 0.29) is 5.91 Å². The molecule has 2 aromatic rings. The quantitative estimate of drug-likeness (QED) is 0.571. The molecule has 0 unspecified atom stereocenters. The smallest absolute Gasteiger partial charge is 0.230 e. The number of nitrogens with one attached hydrogen (secondary N) is 1. The number of rotatable bonds is 8. The first kappa shape index (κ1) is 18.7. The number of nitrogens with zero attached hydrogens (tertiary/aromatic N) is 4. The average Bonchev–Trinajstić information content (AvgIpc) is 3.08. The second kappa shape index (κ2) is 9.54. The van der Waals surface area contributed by atoms with E-state index in [1.807, 2.05) is 30.3 Å². The van der Waals surface area contributed by atoms with Crippen molar-refractivity contribution in [2.24, 2.45) is 0 Å². The number of likely N-dealkylation sites (tertiary alicyclic amines) is 1. The molecule has 1 aromatic carbocycles. The van der Waals surface area contributed by atoms with Crippen LogP contribution in [0.2, 0.25) is 0 Å². The van der Waals surface area contributed by atoms with Gasteiger partial charge in [0.15, 0.2) is 11.0 Å². The van der Waals surface area contributed by atoms with E-state index in [1.54, 1.807) is 6.08 Å². The van der Waals surface area contributed by atoms with Crippen LogP contribution in [0.15, 0.2) is 48.1 Å². The molecule has 6 nitrogen and oxygen atoms in total. The summed E-state index contributed by atoms with van der Waals surface area (Å²) in [4.78, 5) is 14.3. The third-order valence-electron chi connectivity index (χ3n) is 4.30. The normalized spacial score (nSPS) is 14.9. The molecule has 26 heavy (non-hydrogen) atoms. The van der Waals surface area contributed by atoms with E-state index in [4.69, 9.17) is 0 Å². The molecule has 1 fully saturated rings. The van der Waals surface area contributed by atoms with Crippen LogP contribution in [0.5, 0.6) is 0 Å². The summed E-state index contributed by atoms with van der Waals surface area (Å²) >= 11 is 1.41. The summed E-state index contributed by atoms with van der Waals surface area (Å²) in [6, 6.07) is 10.1. The van der Waals surface area contributed by atoms with Crippen molar-refractivity contribution in [3.8, 4) is 5.69 Å². The summed E-state index contributed by atoms with van der Waals surface area (Å²) < 4.78 is 2.07. The third-order valence-corrected chi connectivity index (χ3v) is 5.23. The van der Waals surface area contributed by atoms with Crippen molar-refractivity contribution in [3.63, 3.8) is 0 Å². The Labute approximate surface area is 158 Å². The Morgan fingerprint density at radius 1 is 1.19 bits per heavy atom. The number of thioether (sulfide) groups is 1. The molecular formula is C19H25N5OS. The van der Waals surface area contributed by atoms with Gasteiger partial charge in [0.25, 0.3) is 0 Å². The highest BCUT2D eigenvalue weighted by Gasteiger charge is 2.19. The van der Waals surface area contributed by atoms with Gasteiger partial charge in [0.1, 0.15) is 0 Å². The van der Waals surface area contributed by atoms with Gasteiger partial charge in [0.2, 0.25) is 5.91 Å². The highest BCUT2D eigenvalue weighted by atomic mass is 32.2. The Kier molecular flexibility index (Phi) is 6.85. The van der Waals surface area contributed by atoms with E-state index in [2.05, 4.69) is 31.6 Å². The molecule has 0 atom stereocenters. The molecule has 1 aliphatic rings. The van der Waals surface area contributed by atoms with Gasteiger partial charge in [-0.05, 0) is 38.1 Å². The van der Waals surface area contributed by atoms with Crippen LogP contribution in [0, 0.1) is 0 Å². The molecule has 0 radical (unpaired) electrons. The molecule has 1 N–H and O–H groups in total. The molecule has 1 amide bonds. The second-order valence-electron chi connectivity index (χ2n) is 6.29. The lowest BCUT2D eigenvalue weighted by atomic mass is 10.1. The van der Waals surface area contributed by atoms with E-state index in [0.29, 0.717) is 12.3 Å². The number of hydrogen-bond donors (Lipinski definition) is 1. The van der Waals surface area contributed by atoms with Crippen LogP contribution in [-0.2, 0) is 11.3 Å². The van der Waals surface area contributed by atoms with E-state index in [1.165, 1.54) is 31.0 Å². The highest BCUT2D eigenvalue weighted by Crippen LogP contribution is 2.23. The second-order valence-corrected chi connectivity index (χ2v) is 7.23. The average molecular weight is 372 g/mol. The Morgan fingerprint density at radius 2 is 1.96 bits per heavy atom. The maximum absolute atomic E-state index is 11.9. The fraction of sp³-hybridized carbons (Fsp3) is 0.421. The molecule has 1 aromatic heterocycles. The van der Waals surface area contributed by atoms with Crippen LogP contribution in [-0.4, -0.2) is 51.0 Å². The van der Waals surface area contributed by atoms with Crippen molar-refractivity contribution in [2.45, 2.75) is 31.0 Å². The summed E-state index contributed by atoms with van der Waals surface area (Å²) in [5, 5.41) is 12.3. The maximum Gasteiger partial charge on any atom is 0.230 e. The zero-order chi connectivity index (χ0) is 18.2. The molecule has 0 aliphatic carbocycles. The fourth-order valence-electron chi connectivity index (χ4n) is 3.02. The summed E-state index contributed by atoms with van der Waals surface area (Å²) in [6.45, 7) is 7.08. The lowest BCUT2D eigenvalue weighted by molar-refractivity contribution is -0.118. The van der Waals surface area contributed by atoms with E-state index >= 15 is 0 Å². The Balaban J connectivity index is 1.77. The van der Waals surface area contributed by atoms with Crippen molar-refractivity contribution < 1.29 is 4.79 Å². The number of carbonyl (C=O) groups excluding carboxylic acids is 1. The number of hydrogen-bond acceptors (Lipinski definition) is 5. The lowest BCUT2D eigenvalue weighted by Gasteiger charge is -2.26. The first-order chi connectivity index (χ1) is 12.8. The molecule has 0 spiro atoms. The zero-order valence-electron chi connectivity index (χ0n) is 14.9. The van der Waals surface area contributed by atoms with E-state index in [9.17, 15) is 4.79 Å². The van der Waals surface area contributed by atoms with E-state index < -0.39 is 0 Å². The number of aromatic nitrogens is 3. The minimum Gasteiger partial charge on any atom is -0.352 e. The number of amides is 1. The van der Waals surface area contributed by atoms with Gasteiger partial charge in [0.05, 0.1) is 12.3 Å². The summed E-state index contributed by atoms with van der Waals surface area (Å²) in [6.07, 6.45) is 5.46. The monoisotopic (exact) mass is 371 g/mol. The molecule has 2 heterocycles. The van der Waals surface area contributed by atoms with Crippen LogP contribution in [0.25, 0.3) is 5.69 Å². The van der Waals surface area contributed by atoms with Gasteiger partial charge >= 0.3 is 0 Å². The standard InChI is InChI=1S/C19H25N5OS/c1-2-11-20-18(25)15-26-19-22-21-17(14-23-12-7-4-8-13-23)24(19)16-9-5-3-6-10-16/h2-3,5-6,9-10H,1,4,7-8,11-15H2,(H,20,25). The van der Waals surface area contributed by atoms with Gasteiger partial charge in [-0.25, -0.2) is 0 Å². The van der Waals surface area contributed by atoms with Crippen molar-refractivity contribution in [2.75, 3.05) is 25.4 Å². The van der Waals surface area contributed by atoms with Crippen molar-refractivity contribution >= 4 is 17.7 Å². The van der Waals surface area contributed by atoms with Crippen LogP contribution < -0.4 is 5.32 Å². The predicted octanol–water partition coefficient (Wildman–Crippen LogP) is 2.65. The summed E-state index contributed by atoms with van der Waals surface area (Å²) in [5.41, 5.74) is 1.03. The molecule has 1 aliphatic heterocycles. The van der Waals surface area contributed by atoms with Gasteiger partial charge < -0.3 is 5.32 Å². The van der Waals surface area contributed by atoms with Gasteiger partial charge in [0, 0.05) is 12.2 Å². The summed E-state index contributed by atoms with van der Waals surface area (Å²) in [5.74, 6) is 1.20. The molecule has 1 saturated heterocycles. The number of piperidine rings is 1. The number of carbonyl (C=O) groups is 1. The molecular weight excluding hydrogens is 346 g/mol. The van der Waals surface area contributed by atoms with Gasteiger partial charge in [-0.1, -0.05) is 42.5 Å². The number of benzene rings is 1. The molecule has 0 saturated carbocycles. The van der Waals surface area contributed by atoms with Crippen molar-refractivity contribution in [1.82, 2.24) is 25.0 Å². The molecule has 138 valence electrons. The SMILES string of the molecule is C=CCNC(=O)CSc1nnc(CN2CCCCC2)n1-c1ccccc1. The minimum atomic E-state index is -0.0323. The molecule has 7 heteroatoms. The van der Waals surface area contributed by atoms with Crippen molar-refractivity contribution in [3.05, 3.63) is 48.8 Å². The lowest BCUT2D eigenvalue weighted by Crippen LogP contribution is -2.30. The third kappa shape index (κ3) is 4.95. The molecule has 3 rings (SSSR count). The first-order valence-corrected chi connectivity index (χ1v) is 9.99. The van der Waals surface area contributed by atoms with Gasteiger partial charge in [-0.2, -0.15) is 0 Å². The minimum absolute atomic E-state index is 0.0323. The first-order valence-electron chi connectivity index (χ1n) is 9.00. The summed E-state index contributed by atoms with van der Waals surface area (Å²) in [7, 11) is 0. The number of para-hydroxylation sites is 1. The fourth-order valence-corrected chi connectivity index (χ4v) is 3.82. The highest BCUT2D eigenvalue weighted by molar-refractivity contribution is 7.99. The van der Waals surface area contributed by atoms with Gasteiger partial charge in [-0.3, -0.25) is 14.3 Å². The Bertz CT molecular complexity index is 725. The largest absolute Gasteiger partial charge is 0.352 e. The maximum atomic E-state index is 11.9.